The molecule has 1 heterocycles. The molecule has 1 aliphatic rings. The van der Waals surface area contributed by atoms with Crippen molar-refractivity contribution in [1.82, 2.24) is 0 Å². The van der Waals surface area contributed by atoms with E-state index in [-0.39, 0.29) is 11.8 Å². The van der Waals surface area contributed by atoms with Gasteiger partial charge in [-0.2, -0.15) is 0 Å². The van der Waals surface area contributed by atoms with Crippen molar-refractivity contribution in [3.05, 3.63) is 61.5 Å². The second-order valence-corrected chi connectivity index (χ2v) is 6.41. The first-order chi connectivity index (χ1) is 9.49. The largest absolute Gasteiger partial charge is 0.268 e. The molecule has 2 amide bonds. The molecule has 0 radical (unpaired) electrons. The van der Waals surface area contributed by atoms with Gasteiger partial charge >= 0.3 is 0 Å². The molecule has 2 aromatic carbocycles. The number of carbonyl (C=O) groups excluding carboxylic acids is 2. The number of fused-ring (bicyclic) bond motifs is 1. The van der Waals surface area contributed by atoms with Gasteiger partial charge in [0.2, 0.25) is 0 Å². The molecule has 0 saturated carbocycles. The lowest BCUT2D eigenvalue weighted by Gasteiger charge is -2.14. The summed E-state index contributed by atoms with van der Waals surface area (Å²) in [4.78, 5) is 25.9. The van der Waals surface area contributed by atoms with E-state index in [1.165, 1.54) is 0 Å². The van der Waals surface area contributed by atoms with Gasteiger partial charge in [-0.15, -0.1) is 0 Å². The lowest BCUT2D eigenvalue weighted by Crippen LogP contribution is -2.29. The Morgan fingerprint density at radius 2 is 1.60 bits per heavy atom. The second kappa shape index (κ2) is 4.98. The number of halogens is 3. The molecular weight excluding hydrogens is 409 g/mol. The molecule has 20 heavy (non-hydrogen) atoms. The lowest BCUT2D eigenvalue weighted by molar-refractivity contribution is 0.0926. The third-order valence-electron chi connectivity index (χ3n) is 3.01. The Kier molecular flexibility index (Phi) is 3.44. The van der Waals surface area contributed by atoms with Gasteiger partial charge in [-0.1, -0.05) is 27.5 Å². The predicted octanol–water partition coefficient (Wildman–Crippen LogP) is 4.67. The van der Waals surface area contributed by atoms with E-state index < -0.39 is 0 Å². The number of imide groups is 1. The monoisotopic (exact) mass is 413 g/mol. The van der Waals surface area contributed by atoms with Crippen molar-refractivity contribution in [2.45, 2.75) is 0 Å². The summed E-state index contributed by atoms with van der Waals surface area (Å²) in [5, 5.41) is 0.521. The zero-order valence-corrected chi connectivity index (χ0v) is 13.8. The van der Waals surface area contributed by atoms with Gasteiger partial charge < -0.3 is 0 Å². The van der Waals surface area contributed by atoms with Crippen LogP contribution in [0.15, 0.2) is 45.3 Å². The number of carbonyl (C=O) groups is 2. The van der Waals surface area contributed by atoms with E-state index in [1.807, 2.05) is 0 Å². The van der Waals surface area contributed by atoms with Crippen LogP contribution in [0.25, 0.3) is 0 Å². The van der Waals surface area contributed by atoms with Crippen LogP contribution in [0, 0.1) is 0 Å². The number of hydrogen-bond donors (Lipinski definition) is 0. The summed E-state index contributed by atoms with van der Waals surface area (Å²) in [5.74, 6) is -0.660. The summed E-state index contributed by atoms with van der Waals surface area (Å²) in [6.45, 7) is 0. The maximum atomic E-state index is 12.4. The normalized spacial score (nSPS) is 13.8. The maximum absolute atomic E-state index is 12.4. The molecule has 100 valence electrons. The minimum Gasteiger partial charge on any atom is -0.268 e. The topological polar surface area (TPSA) is 37.4 Å². The van der Waals surface area contributed by atoms with Gasteiger partial charge in [-0.25, -0.2) is 4.90 Å². The Morgan fingerprint density at radius 1 is 0.900 bits per heavy atom. The summed E-state index contributed by atoms with van der Waals surface area (Å²) >= 11 is 12.5. The number of amides is 2. The highest BCUT2D eigenvalue weighted by Gasteiger charge is 2.36. The van der Waals surface area contributed by atoms with Crippen molar-refractivity contribution < 1.29 is 9.59 Å². The molecule has 0 N–H and O–H groups in total. The van der Waals surface area contributed by atoms with Crippen molar-refractivity contribution in [3.8, 4) is 0 Å². The molecular formula is C14H6Br2ClNO2. The van der Waals surface area contributed by atoms with Crippen LogP contribution in [0.1, 0.15) is 20.7 Å². The number of benzene rings is 2. The van der Waals surface area contributed by atoms with Crippen molar-refractivity contribution >= 4 is 61.0 Å². The zero-order chi connectivity index (χ0) is 14.4. The van der Waals surface area contributed by atoms with Crippen LogP contribution in [0.3, 0.4) is 0 Å². The minimum absolute atomic E-state index is 0.327. The van der Waals surface area contributed by atoms with Gasteiger partial charge in [0.05, 0.1) is 21.8 Å². The number of rotatable bonds is 1. The molecule has 3 nitrogen and oxygen atoms in total. The summed E-state index contributed by atoms with van der Waals surface area (Å²) in [7, 11) is 0. The molecule has 0 saturated heterocycles. The zero-order valence-electron chi connectivity index (χ0n) is 9.86. The number of nitrogens with zero attached hydrogens (tertiary/aromatic N) is 1. The van der Waals surface area contributed by atoms with Crippen LogP contribution in [-0.4, -0.2) is 11.8 Å². The van der Waals surface area contributed by atoms with Crippen LogP contribution < -0.4 is 4.90 Å². The molecule has 0 atom stereocenters. The average Bonchev–Trinajstić information content (AvgIpc) is 2.65. The predicted molar refractivity (Wildman–Crippen MR) is 84.4 cm³/mol. The lowest BCUT2D eigenvalue weighted by atomic mass is 10.1. The molecule has 0 aromatic heterocycles. The van der Waals surface area contributed by atoms with Gasteiger partial charge in [-0.05, 0) is 52.3 Å². The molecule has 0 aliphatic carbocycles. The van der Waals surface area contributed by atoms with Crippen molar-refractivity contribution in [2.75, 3.05) is 4.90 Å². The third kappa shape index (κ3) is 2.10. The summed E-state index contributed by atoms with van der Waals surface area (Å²) in [6.07, 6.45) is 0. The van der Waals surface area contributed by atoms with Crippen LogP contribution in [0.2, 0.25) is 5.02 Å². The minimum atomic E-state index is -0.333. The van der Waals surface area contributed by atoms with Gasteiger partial charge in [0.1, 0.15) is 0 Å². The average molecular weight is 415 g/mol. The summed E-state index contributed by atoms with van der Waals surface area (Å²) in [5.41, 5.74) is 1.29. The van der Waals surface area contributed by atoms with E-state index in [9.17, 15) is 9.59 Å². The van der Waals surface area contributed by atoms with Crippen molar-refractivity contribution in [1.29, 1.82) is 0 Å². The first kappa shape index (κ1) is 13.8. The van der Waals surface area contributed by atoms with Crippen LogP contribution >= 0.6 is 43.5 Å². The van der Waals surface area contributed by atoms with Crippen LogP contribution in [0.5, 0.6) is 0 Å². The quantitative estimate of drug-likeness (QED) is 0.635. The van der Waals surface area contributed by atoms with E-state index in [0.29, 0.717) is 26.3 Å². The van der Waals surface area contributed by atoms with E-state index in [0.717, 1.165) is 9.37 Å². The molecule has 1 aliphatic heterocycles. The molecule has 6 heteroatoms. The van der Waals surface area contributed by atoms with Crippen LogP contribution in [-0.2, 0) is 0 Å². The first-order valence-electron chi connectivity index (χ1n) is 5.62. The highest BCUT2D eigenvalue weighted by molar-refractivity contribution is 9.10. The number of anilines is 1. The van der Waals surface area contributed by atoms with Crippen LogP contribution in [0.4, 0.5) is 5.69 Å². The SMILES string of the molecule is O=C1c2ccc(Br)cc2C(=O)N1c1ccc(Cl)c(Br)c1. The molecule has 0 bridgehead atoms. The highest BCUT2D eigenvalue weighted by Crippen LogP contribution is 2.33. The van der Waals surface area contributed by atoms with Crippen molar-refractivity contribution in [3.63, 3.8) is 0 Å². The van der Waals surface area contributed by atoms with E-state index in [4.69, 9.17) is 11.6 Å². The summed E-state index contributed by atoms with van der Waals surface area (Å²) < 4.78 is 1.39. The van der Waals surface area contributed by atoms with Gasteiger partial charge in [-0.3, -0.25) is 9.59 Å². The Hall–Kier alpha value is -1.17. The Balaban J connectivity index is 2.11. The van der Waals surface area contributed by atoms with Gasteiger partial charge in [0.25, 0.3) is 11.8 Å². The fourth-order valence-corrected chi connectivity index (χ4v) is 2.92. The Morgan fingerprint density at radius 3 is 2.30 bits per heavy atom. The maximum Gasteiger partial charge on any atom is 0.266 e. The standard InChI is InChI=1S/C14H6Br2ClNO2/c15-7-1-3-9-10(5-7)14(20)18(13(9)19)8-2-4-12(17)11(16)6-8/h1-6H. The molecule has 3 rings (SSSR count). The molecule has 0 spiro atoms. The fraction of sp³-hybridized carbons (Fsp3) is 0. The summed E-state index contributed by atoms with van der Waals surface area (Å²) in [6, 6.07) is 9.97. The van der Waals surface area contributed by atoms with E-state index in [1.54, 1.807) is 36.4 Å². The number of hydrogen-bond acceptors (Lipinski definition) is 2. The molecule has 0 unspecified atom stereocenters. The van der Waals surface area contributed by atoms with Gasteiger partial charge in [0, 0.05) is 8.95 Å². The van der Waals surface area contributed by atoms with E-state index in [2.05, 4.69) is 31.9 Å². The fourth-order valence-electron chi connectivity index (χ4n) is 2.07. The van der Waals surface area contributed by atoms with Gasteiger partial charge in [0.15, 0.2) is 0 Å². The van der Waals surface area contributed by atoms with E-state index >= 15 is 0 Å². The Bertz CT molecular complexity index is 761. The smallest absolute Gasteiger partial charge is 0.266 e. The highest BCUT2D eigenvalue weighted by atomic mass is 79.9. The second-order valence-electron chi connectivity index (χ2n) is 4.23. The molecule has 2 aromatic rings. The molecule has 0 fully saturated rings. The first-order valence-corrected chi connectivity index (χ1v) is 7.59. The van der Waals surface area contributed by atoms with Crippen molar-refractivity contribution in [2.24, 2.45) is 0 Å². The third-order valence-corrected chi connectivity index (χ3v) is 4.72. The Labute approximate surface area is 136 Å².